The maximum absolute atomic E-state index is 11.2. The molecule has 3 nitrogen and oxygen atoms in total. The Kier molecular flexibility index (Phi) is 1.45. The van der Waals surface area contributed by atoms with E-state index in [1.165, 1.54) is 4.90 Å². The molecule has 1 saturated carbocycles. The lowest BCUT2D eigenvalue weighted by atomic mass is 10.4. The van der Waals surface area contributed by atoms with Crippen molar-refractivity contribution in [2.75, 3.05) is 12.3 Å². The van der Waals surface area contributed by atoms with Crippen molar-refractivity contribution in [3.63, 3.8) is 0 Å². The maximum Gasteiger partial charge on any atom is 0.233 e. The number of nitrogens with zero attached hydrogens (tertiary/aromatic N) is 1. The summed E-state index contributed by atoms with van der Waals surface area (Å²) in [5.41, 5.74) is 0. The van der Waals surface area contributed by atoms with E-state index in [0.717, 1.165) is 6.42 Å². The van der Waals surface area contributed by atoms with Gasteiger partial charge in [0, 0.05) is 12.3 Å². The summed E-state index contributed by atoms with van der Waals surface area (Å²) in [5, 5.41) is 0. The predicted octanol–water partition coefficient (Wildman–Crippen LogP) is -0.0789. The van der Waals surface area contributed by atoms with Crippen LogP contribution in [0.2, 0.25) is 0 Å². The molecule has 1 aliphatic heterocycles. The zero-order valence-electron chi connectivity index (χ0n) is 5.99. The smallest absolute Gasteiger partial charge is 0.233 e. The monoisotopic (exact) mass is 171 g/mol. The maximum atomic E-state index is 11.2. The van der Waals surface area contributed by atoms with Crippen LogP contribution >= 0.6 is 12.6 Å². The molecule has 1 aliphatic carbocycles. The summed E-state index contributed by atoms with van der Waals surface area (Å²) < 4.78 is 0. The van der Waals surface area contributed by atoms with Gasteiger partial charge in [-0.15, -0.1) is 0 Å². The topological polar surface area (TPSA) is 37.4 Å². The van der Waals surface area contributed by atoms with E-state index in [-0.39, 0.29) is 23.7 Å². The van der Waals surface area contributed by atoms with Gasteiger partial charge in [-0.2, -0.15) is 12.6 Å². The van der Waals surface area contributed by atoms with Gasteiger partial charge in [-0.3, -0.25) is 14.5 Å². The molecule has 0 N–H and O–H groups in total. The van der Waals surface area contributed by atoms with Crippen molar-refractivity contribution in [2.24, 2.45) is 11.8 Å². The Morgan fingerprint density at radius 3 is 2.36 bits per heavy atom. The van der Waals surface area contributed by atoms with Gasteiger partial charge < -0.3 is 0 Å². The largest absolute Gasteiger partial charge is 0.281 e. The Morgan fingerprint density at radius 1 is 1.36 bits per heavy atom. The van der Waals surface area contributed by atoms with Gasteiger partial charge in [-0.05, 0) is 6.42 Å². The molecule has 0 aromatic carbocycles. The molecular formula is C7H9NO2S. The van der Waals surface area contributed by atoms with Crippen LogP contribution in [0.1, 0.15) is 6.42 Å². The summed E-state index contributed by atoms with van der Waals surface area (Å²) in [7, 11) is 0. The fourth-order valence-electron chi connectivity index (χ4n) is 1.57. The van der Waals surface area contributed by atoms with Gasteiger partial charge in [0.25, 0.3) is 0 Å². The minimum absolute atomic E-state index is 0.0223. The molecule has 2 rings (SSSR count). The Hall–Kier alpha value is -0.510. The van der Waals surface area contributed by atoms with Crippen molar-refractivity contribution < 1.29 is 9.59 Å². The second-order valence-electron chi connectivity index (χ2n) is 3.00. The van der Waals surface area contributed by atoms with E-state index >= 15 is 0 Å². The summed E-state index contributed by atoms with van der Waals surface area (Å²) >= 11 is 3.98. The number of carbonyl (C=O) groups is 2. The highest BCUT2D eigenvalue weighted by molar-refractivity contribution is 7.80. The van der Waals surface area contributed by atoms with E-state index in [1.54, 1.807) is 0 Å². The van der Waals surface area contributed by atoms with Crippen molar-refractivity contribution in [3.8, 4) is 0 Å². The quantitative estimate of drug-likeness (QED) is 0.466. The lowest BCUT2D eigenvalue weighted by Crippen LogP contribution is -2.34. The third kappa shape index (κ3) is 0.888. The number of imide groups is 1. The van der Waals surface area contributed by atoms with E-state index in [0.29, 0.717) is 12.3 Å². The SMILES string of the molecule is O=C1C2CC2C(=O)N1CCS. The predicted molar refractivity (Wildman–Crippen MR) is 42.2 cm³/mol. The Labute approximate surface area is 70.2 Å². The molecule has 2 fully saturated rings. The molecule has 1 saturated heterocycles. The Bertz CT molecular complexity index is 208. The summed E-state index contributed by atoms with van der Waals surface area (Å²) in [6.07, 6.45) is 0.792. The van der Waals surface area contributed by atoms with Crippen LogP contribution in [-0.2, 0) is 9.59 Å². The van der Waals surface area contributed by atoms with Crippen molar-refractivity contribution in [2.45, 2.75) is 6.42 Å². The highest BCUT2D eigenvalue weighted by Gasteiger charge is 2.58. The van der Waals surface area contributed by atoms with Gasteiger partial charge in [-0.25, -0.2) is 0 Å². The molecule has 0 aromatic heterocycles. The molecule has 1 heterocycles. The van der Waals surface area contributed by atoms with Crippen LogP contribution < -0.4 is 0 Å². The lowest BCUT2D eigenvalue weighted by molar-refractivity contribution is -0.140. The summed E-state index contributed by atoms with van der Waals surface area (Å²) in [5.74, 6) is 0.699. The number of piperidine rings is 1. The van der Waals surface area contributed by atoms with Crippen molar-refractivity contribution in [1.82, 2.24) is 4.90 Å². The van der Waals surface area contributed by atoms with Gasteiger partial charge >= 0.3 is 0 Å². The molecule has 2 aliphatic rings. The number of thiol groups is 1. The van der Waals surface area contributed by atoms with Crippen LogP contribution in [0, 0.1) is 11.8 Å². The molecule has 0 spiro atoms. The zero-order valence-corrected chi connectivity index (χ0v) is 6.88. The number of hydrogen-bond donors (Lipinski definition) is 1. The van der Waals surface area contributed by atoms with E-state index in [4.69, 9.17) is 0 Å². The van der Waals surface area contributed by atoms with Crippen LogP contribution in [-0.4, -0.2) is 29.0 Å². The molecule has 2 atom stereocenters. The van der Waals surface area contributed by atoms with Crippen LogP contribution in [0.25, 0.3) is 0 Å². The minimum atomic E-state index is 0.0223. The number of rotatable bonds is 2. The standard InChI is InChI=1S/C7H9NO2S/c9-6-4-3-5(4)7(10)8(6)1-2-11/h4-5,11H,1-3H2. The normalized spacial score (nSPS) is 34.5. The highest BCUT2D eigenvalue weighted by atomic mass is 32.1. The molecule has 2 amide bonds. The molecular weight excluding hydrogens is 162 g/mol. The number of fused-ring (bicyclic) bond motifs is 1. The van der Waals surface area contributed by atoms with E-state index in [9.17, 15) is 9.59 Å². The third-order valence-electron chi connectivity index (χ3n) is 2.28. The first-order valence-corrected chi connectivity index (χ1v) is 4.35. The van der Waals surface area contributed by atoms with E-state index < -0.39 is 0 Å². The minimum Gasteiger partial charge on any atom is -0.281 e. The van der Waals surface area contributed by atoms with E-state index in [1.807, 2.05) is 0 Å². The number of carbonyl (C=O) groups excluding carboxylic acids is 2. The van der Waals surface area contributed by atoms with Gasteiger partial charge in [0.05, 0.1) is 11.8 Å². The van der Waals surface area contributed by atoms with Crippen LogP contribution in [0.5, 0.6) is 0 Å². The molecule has 11 heavy (non-hydrogen) atoms. The second-order valence-corrected chi connectivity index (χ2v) is 3.45. The Morgan fingerprint density at radius 2 is 1.91 bits per heavy atom. The third-order valence-corrected chi connectivity index (χ3v) is 2.48. The molecule has 60 valence electrons. The summed E-state index contributed by atoms with van der Waals surface area (Å²) in [6.45, 7) is 0.480. The molecule has 0 aromatic rings. The first kappa shape index (κ1) is 7.16. The Balaban J connectivity index is 2.11. The van der Waals surface area contributed by atoms with Gasteiger partial charge in [0.1, 0.15) is 0 Å². The fourth-order valence-corrected chi connectivity index (χ4v) is 1.77. The first-order valence-electron chi connectivity index (χ1n) is 3.72. The zero-order chi connectivity index (χ0) is 8.01. The highest BCUT2D eigenvalue weighted by Crippen LogP contribution is 2.46. The average Bonchev–Trinajstić information content (AvgIpc) is 2.71. The molecule has 0 radical (unpaired) electrons. The van der Waals surface area contributed by atoms with E-state index in [2.05, 4.69) is 12.6 Å². The van der Waals surface area contributed by atoms with Gasteiger partial charge in [-0.1, -0.05) is 0 Å². The van der Waals surface area contributed by atoms with Crippen molar-refractivity contribution in [1.29, 1.82) is 0 Å². The fraction of sp³-hybridized carbons (Fsp3) is 0.714. The first-order chi connectivity index (χ1) is 5.25. The molecule has 0 bridgehead atoms. The second kappa shape index (κ2) is 2.24. The lowest BCUT2D eigenvalue weighted by Gasteiger charge is -2.13. The molecule has 2 unspecified atom stereocenters. The molecule has 4 heteroatoms. The number of hydrogen-bond acceptors (Lipinski definition) is 3. The van der Waals surface area contributed by atoms with Crippen LogP contribution in [0.4, 0.5) is 0 Å². The van der Waals surface area contributed by atoms with Gasteiger partial charge in [0.2, 0.25) is 11.8 Å². The number of amides is 2. The van der Waals surface area contributed by atoms with Crippen LogP contribution in [0.15, 0.2) is 0 Å². The summed E-state index contributed by atoms with van der Waals surface area (Å²) in [4.78, 5) is 23.8. The van der Waals surface area contributed by atoms with Gasteiger partial charge in [0.15, 0.2) is 0 Å². The number of likely N-dealkylation sites (tertiary alicyclic amines) is 1. The van der Waals surface area contributed by atoms with Crippen molar-refractivity contribution >= 4 is 24.4 Å². The average molecular weight is 171 g/mol. The summed E-state index contributed by atoms with van der Waals surface area (Å²) in [6, 6.07) is 0. The van der Waals surface area contributed by atoms with Crippen molar-refractivity contribution in [3.05, 3.63) is 0 Å². The van der Waals surface area contributed by atoms with Crippen LogP contribution in [0.3, 0.4) is 0 Å².